The molecule has 19 heavy (non-hydrogen) atoms. The molecule has 1 unspecified atom stereocenters. The first-order valence-electron chi connectivity index (χ1n) is 5.92. The molecular weight excluding hydrogens is 324 g/mol. The Bertz CT molecular complexity index is 583. The third-order valence-electron chi connectivity index (χ3n) is 3.31. The average molecular weight is 341 g/mol. The number of nitrogens with two attached hydrogens (primary N) is 1. The maximum absolute atomic E-state index is 5.74. The van der Waals surface area contributed by atoms with Crippen LogP contribution < -0.4 is 16.0 Å². The first-order valence-corrected chi connectivity index (χ1v) is 7.60. The first-order chi connectivity index (χ1) is 9.08. The van der Waals surface area contributed by atoms with Gasteiger partial charge in [0.1, 0.15) is 5.75 Å². The van der Waals surface area contributed by atoms with E-state index in [0.29, 0.717) is 0 Å². The minimum atomic E-state index is -0.0724. The smallest absolute Gasteiger partial charge is 0.127 e. The van der Waals surface area contributed by atoms with Crippen molar-refractivity contribution in [3.63, 3.8) is 0 Å². The van der Waals surface area contributed by atoms with Gasteiger partial charge in [0.05, 0.1) is 16.9 Å². The predicted molar refractivity (Wildman–Crippen MR) is 83.7 cm³/mol. The van der Waals surface area contributed by atoms with Crippen LogP contribution in [0.15, 0.2) is 27.4 Å². The Morgan fingerprint density at radius 1 is 1.37 bits per heavy atom. The Balaban J connectivity index is 2.52. The zero-order valence-corrected chi connectivity index (χ0v) is 13.6. The molecule has 3 N–H and O–H groups in total. The average Bonchev–Trinajstić information content (AvgIpc) is 2.81. The van der Waals surface area contributed by atoms with Gasteiger partial charge in [-0.15, -0.1) is 11.3 Å². The molecule has 0 aliphatic carbocycles. The summed E-state index contributed by atoms with van der Waals surface area (Å²) in [6.07, 6.45) is 0. The Labute approximate surface area is 125 Å². The van der Waals surface area contributed by atoms with E-state index >= 15 is 0 Å². The molecule has 2 aromatic rings. The van der Waals surface area contributed by atoms with Crippen LogP contribution in [0, 0.1) is 13.8 Å². The lowest BCUT2D eigenvalue weighted by molar-refractivity contribution is 0.401. The van der Waals surface area contributed by atoms with Crippen LogP contribution in [-0.4, -0.2) is 7.11 Å². The summed E-state index contributed by atoms with van der Waals surface area (Å²) in [6.45, 7) is 4.14. The minimum absolute atomic E-state index is 0.0724. The topological polar surface area (TPSA) is 47.3 Å². The van der Waals surface area contributed by atoms with Gasteiger partial charge in [0.25, 0.3) is 0 Å². The molecule has 0 fully saturated rings. The molecule has 3 nitrogen and oxygen atoms in total. The summed E-state index contributed by atoms with van der Waals surface area (Å²) in [5, 5.41) is 2.09. The van der Waals surface area contributed by atoms with Gasteiger partial charge in [0.15, 0.2) is 0 Å². The van der Waals surface area contributed by atoms with Gasteiger partial charge in [0, 0.05) is 5.56 Å². The number of rotatable bonds is 4. The monoisotopic (exact) mass is 340 g/mol. The summed E-state index contributed by atoms with van der Waals surface area (Å²) in [6, 6.07) is 6.16. The third-order valence-corrected chi connectivity index (χ3v) is 4.83. The van der Waals surface area contributed by atoms with E-state index in [-0.39, 0.29) is 6.04 Å². The molecule has 1 aromatic heterocycles. The highest BCUT2D eigenvalue weighted by Gasteiger charge is 2.20. The van der Waals surface area contributed by atoms with Crippen molar-refractivity contribution in [2.24, 2.45) is 5.84 Å². The van der Waals surface area contributed by atoms with Crippen LogP contribution >= 0.6 is 27.3 Å². The molecule has 0 aliphatic rings. The van der Waals surface area contributed by atoms with Crippen molar-refractivity contribution in [3.05, 3.63) is 49.6 Å². The van der Waals surface area contributed by atoms with Gasteiger partial charge in [-0.3, -0.25) is 5.84 Å². The van der Waals surface area contributed by atoms with E-state index in [1.807, 2.05) is 0 Å². The number of nitrogens with one attached hydrogen (secondary N) is 1. The number of benzene rings is 1. The molecule has 102 valence electrons. The van der Waals surface area contributed by atoms with Crippen molar-refractivity contribution >= 4 is 27.3 Å². The zero-order valence-electron chi connectivity index (χ0n) is 11.2. The summed E-state index contributed by atoms with van der Waals surface area (Å²) >= 11 is 5.13. The van der Waals surface area contributed by atoms with Crippen LogP contribution in [0.25, 0.3) is 0 Å². The summed E-state index contributed by atoms with van der Waals surface area (Å²) < 4.78 is 6.65. The number of halogens is 1. The Hall–Kier alpha value is -0.880. The van der Waals surface area contributed by atoms with Crippen LogP contribution in [0.4, 0.5) is 0 Å². The van der Waals surface area contributed by atoms with E-state index in [4.69, 9.17) is 10.6 Å². The SMILES string of the molecule is COc1c(C(NN)c2csc(Br)c2)ccc(C)c1C. The van der Waals surface area contributed by atoms with Gasteiger partial charge >= 0.3 is 0 Å². The quantitative estimate of drug-likeness (QED) is 0.659. The molecule has 0 aliphatic heterocycles. The fraction of sp³-hybridized carbons (Fsp3) is 0.286. The van der Waals surface area contributed by atoms with Crippen LogP contribution in [0.5, 0.6) is 5.75 Å². The largest absolute Gasteiger partial charge is 0.496 e. The third kappa shape index (κ3) is 2.84. The Morgan fingerprint density at radius 3 is 2.63 bits per heavy atom. The number of thiophene rings is 1. The molecule has 0 amide bonds. The van der Waals surface area contributed by atoms with E-state index in [9.17, 15) is 0 Å². The second-order valence-corrected chi connectivity index (χ2v) is 6.70. The molecule has 0 spiro atoms. The lowest BCUT2D eigenvalue weighted by atomic mass is 9.96. The van der Waals surface area contributed by atoms with Crippen LogP contribution in [0.3, 0.4) is 0 Å². The molecule has 0 saturated heterocycles. The van der Waals surface area contributed by atoms with E-state index < -0.39 is 0 Å². The zero-order chi connectivity index (χ0) is 14.0. The maximum Gasteiger partial charge on any atom is 0.127 e. The maximum atomic E-state index is 5.74. The van der Waals surface area contributed by atoms with E-state index in [0.717, 1.165) is 26.2 Å². The van der Waals surface area contributed by atoms with Gasteiger partial charge in [-0.05, 0) is 57.9 Å². The second kappa shape index (κ2) is 6.05. The van der Waals surface area contributed by atoms with Gasteiger partial charge < -0.3 is 4.74 Å². The number of ether oxygens (including phenoxy) is 1. The molecule has 0 radical (unpaired) electrons. The summed E-state index contributed by atoms with van der Waals surface area (Å²) in [5.74, 6) is 6.64. The van der Waals surface area contributed by atoms with Crippen molar-refractivity contribution < 1.29 is 4.74 Å². The molecule has 1 atom stereocenters. The van der Waals surface area contributed by atoms with Crippen molar-refractivity contribution in [1.29, 1.82) is 0 Å². The highest BCUT2D eigenvalue weighted by atomic mass is 79.9. The van der Waals surface area contributed by atoms with Crippen LogP contribution in [0.2, 0.25) is 0 Å². The fourth-order valence-corrected chi connectivity index (χ4v) is 3.35. The summed E-state index contributed by atoms with van der Waals surface area (Å²) in [7, 11) is 1.70. The van der Waals surface area contributed by atoms with E-state index in [1.54, 1.807) is 18.4 Å². The molecule has 1 aromatic carbocycles. The molecule has 2 rings (SSSR count). The lowest BCUT2D eigenvalue weighted by Crippen LogP contribution is -2.29. The highest BCUT2D eigenvalue weighted by molar-refractivity contribution is 9.11. The minimum Gasteiger partial charge on any atom is -0.496 e. The molecular formula is C14H17BrN2OS. The number of hydrogen-bond donors (Lipinski definition) is 2. The van der Waals surface area contributed by atoms with Crippen molar-refractivity contribution in [1.82, 2.24) is 5.43 Å². The first kappa shape index (κ1) is 14.5. The highest BCUT2D eigenvalue weighted by Crippen LogP contribution is 2.36. The van der Waals surface area contributed by atoms with Crippen molar-refractivity contribution in [2.45, 2.75) is 19.9 Å². The van der Waals surface area contributed by atoms with Crippen LogP contribution in [-0.2, 0) is 0 Å². The second-order valence-electron chi connectivity index (χ2n) is 4.41. The number of methoxy groups -OCH3 is 1. The number of hydrogen-bond acceptors (Lipinski definition) is 4. The Kier molecular flexibility index (Phi) is 4.62. The fourth-order valence-electron chi connectivity index (χ4n) is 2.15. The van der Waals surface area contributed by atoms with Crippen molar-refractivity contribution in [3.8, 4) is 5.75 Å². The Morgan fingerprint density at radius 2 is 2.11 bits per heavy atom. The lowest BCUT2D eigenvalue weighted by Gasteiger charge is -2.20. The normalized spacial score (nSPS) is 12.5. The van der Waals surface area contributed by atoms with Crippen molar-refractivity contribution in [2.75, 3.05) is 7.11 Å². The number of aryl methyl sites for hydroxylation is 1. The molecule has 0 saturated carbocycles. The van der Waals surface area contributed by atoms with Crippen LogP contribution in [0.1, 0.15) is 28.3 Å². The summed E-state index contributed by atoms with van der Waals surface area (Å²) in [5.41, 5.74) is 7.41. The van der Waals surface area contributed by atoms with Gasteiger partial charge in [-0.25, -0.2) is 5.43 Å². The molecule has 0 bridgehead atoms. The number of hydrazine groups is 1. The van der Waals surface area contributed by atoms with Gasteiger partial charge in [0.2, 0.25) is 0 Å². The van der Waals surface area contributed by atoms with E-state index in [2.05, 4.69) is 58.8 Å². The van der Waals surface area contributed by atoms with E-state index in [1.165, 1.54) is 5.56 Å². The standard InChI is InChI=1S/C14H17BrN2OS/c1-8-4-5-11(14(18-3)9(8)2)13(17-16)10-6-12(15)19-7-10/h4-7,13,17H,16H2,1-3H3. The van der Waals surface area contributed by atoms with Gasteiger partial charge in [-0.2, -0.15) is 0 Å². The molecule has 1 heterocycles. The van der Waals surface area contributed by atoms with Gasteiger partial charge in [-0.1, -0.05) is 12.1 Å². The predicted octanol–water partition coefficient (Wildman–Crippen LogP) is 3.69. The summed E-state index contributed by atoms with van der Waals surface area (Å²) in [4.78, 5) is 0. The molecule has 5 heteroatoms.